The number of rotatable bonds is 9. The van der Waals surface area contributed by atoms with Crippen LogP contribution in [0.5, 0.6) is 0 Å². The molecule has 5 nitrogen and oxygen atoms in total. The van der Waals surface area contributed by atoms with Gasteiger partial charge in [0.1, 0.15) is 12.2 Å². The van der Waals surface area contributed by atoms with E-state index in [2.05, 4.69) is 6.92 Å². The maximum atomic E-state index is 11.3. The van der Waals surface area contributed by atoms with Crippen molar-refractivity contribution in [3.05, 3.63) is 0 Å². The number of methoxy groups -OCH3 is 1. The van der Waals surface area contributed by atoms with E-state index in [0.717, 1.165) is 19.3 Å². The molecular weight excluding hydrogens is 272 g/mol. The van der Waals surface area contributed by atoms with Crippen LogP contribution < -0.4 is 0 Å². The third-order valence-corrected chi connectivity index (χ3v) is 4.24. The van der Waals surface area contributed by atoms with E-state index in [1.165, 1.54) is 32.1 Å². The summed E-state index contributed by atoms with van der Waals surface area (Å²) >= 11 is 0. The van der Waals surface area contributed by atoms with Gasteiger partial charge in [-0.2, -0.15) is 0 Å². The number of carbonyl (C=O) groups excluding carboxylic acids is 1. The van der Waals surface area contributed by atoms with Crippen LogP contribution in [0.15, 0.2) is 0 Å². The van der Waals surface area contributed by atoms with Crippen LogP contribution in [-0.2, 0) is 23.7 Å². The second kappa shape index (κ2) is 8.71. The van der Waals surface area contributed by atoms with Crippen molar-refractivity contribution in [1.82, 2.24) is 0 Å². The van der Waals surface area contributed by atoms with E-state index < -0.39 is 6.48 Å². The van der Waals surface area contributed by atoms with E-state index in [-0.39, 0.29) is 24.3 Å². The zero-order valence-corrected chi connectivity index (χ0v) is 13.2. The predicted molar refractivity (Wildman–Crippen MR) is 77.7 cm³/mol. The van der Waals surface area contributed by atoms with E-state index in [4.69, 9.17) is 18.9 Å². The van der Waals surface area contributed by atoms with Crippen LogP contribution in [0.3, 0.4) is 0 Å². The first-order valence-electron chi connectivity index (χ1n) is 8.27. The summed E-state index contributed by atoms with van der Waals surface area (Å²) in [6.45, 7) is 1.60. The molecule has 2 rings (SSSR count). The summed E-state index contributed by atoms with van der Waals surface area (Å²) in [5.74, 6) is -0.136. The van der Waals surface area contributed by atoms with Crippen LogP contribution in [0.4, 0.5) is 0 Å². The standard InChI is InChI=1S/C16H28O5/c1-3-4-5-6-7-8-9-12-15(21-16(18-2)20-12)13-10-11-14(17)19-13/h12-13,15-16H,3-11H2,1-2H3. The second-order valence-corrected chi connectivity index (χ2v) is 5.92. The molecular formula is C16H28O5. The molecule has 2 aliphatic heterocycles. The molecule has 0 N–H and O–H groups in total. The molecule has 122 valence electrons. The van der Waals surface area contributed by atoms with Gasteiger partial charge in [0.25, 0.3) is 6.48 Å². The zero-order chi connectivity index (χ0) is 15.1. The minimum absolute atomic E-state index is 0.0305. The van der Waals surface area contributed by atoms with Crippen LogP contribution in [-0.4, -0.2) is 37.9 Å². The monoisotopic (exact) mass is 300 g/mol. The summed E-state index contributed by atoms with van der Waals surface area (Å²) < 4.78 is 22.0. The molecule has 0 aromatic rings. The number of esters is 1. The third kappa shape index (κ3) is 4.94. The zero-order valence-electron chi connectivity index (χ0n) is 13.2. The fourth-order valence-electron chi connectivity index (χ4n) is 3.04. The lowest BCUT2D eigenvalue weighted by atomic mass is 9.99. The van der Waals surface area contributed by atoms with Crippen molar-refractivity contribution >= 4 is 5.97 Å². The van der Waals surface area contributed by atoms with Crippen LogP contribution in [0.25, 0.3) is 0 Å². The minimum Gasteiger partial charge on any atom is -0.459 e. The average Bonchev–Trinajstić information content (AvgIpc) is 3.08. The fourth-order valence-corrected chi connectivity index (χ4v) is 3.04. The van der Waals surface area contributed by atoms with Crippen molar-refractivity contribution in [2.75, 3.05) is 7.11 Å². The molecule has 0 spiro atoms. The normalized spacial score (nSPS) is 32.6. The smallest absolute Gasteiger partial charge is 0.306 e. The van der Waals surface area contributed by atoms with E-state index >= 15 is 0 Å². The van der Waals surface area contributed by atoms with Crippen LogP contribution >= 0.6 is 0 Å². The van der Waals surface area contributed by atoms with E-state index in [1.807, 2.05) is 0 Å². The molecule has 2 fully saturated rings. The molecule has 2 heterocycles. The summed E-state index contributed by atoms with van der Waals surface area (Å²) in [6.07, 6.45) is 9.24. The van der Waals surface area contributed by atoms with Crippen LogP contribution in [0, 0.1) is 0 Å². The Morgan fingerprint density at radius 1 is 1.14 bits per heavy atom. The molecule has 0 bridgehead atoms. The molecule has 0 aliphatic carbocycles. The van der Waals surface area contributed by atoms with Gasteiger partial charge in [0.15, 0.2) is 0 Å². The van der Waals surface area contributed by atoms with Crippen molar-refractivity contribution in [1.29, 1.82) is 0 Å². The van der Waals surface area contributed by atoms with E-state index in [0.29, 0.717) is 6.42 Å². The lowest BCUT2D eigenvalue weighted by Crippen LogP contribution is -2.35. The highest BCUT2D eigenvalue weighted by atomic mass is 16.9. The minimum atomic E-state index is -0.626. The van der Waals surface area contributed by atoms with Crippen molar-refractivity contribution in [3.63, 3.8) is 0 Å². The highest BCUT2D eigenvalue weighted by Crippen LogP contribution is 2.31. The first kappa shape index (κ1) is 16.7. The topological polar surface area (TPSA) is 54.0 Å². The molecule has 4 atom stereocenters. The molecule has 5 heteroatoms. The Hall–Kier alpha value is -0.650. The second-order valence-electron chi connectivity index (χ2n) is 5.92. The summed E-state index contributed by atoms with van der Waals surface area (Å²) in [5.41, 5.74) is 0. The van der Waals surface area contributed by atoms with Gasteiger partial charge in [0, 0.05) is 13.5 Å². The lowest BCUT2D eigenvalue weighted by Gasteiger charge is -2.21. The number of hydrogen-bond donors (Lipinski definition) is 0. The van der Waals surface area contributed by atoms with Gasteiger partial charge in [0.2, 0.25) is 0 Å². The summed E-state index contributed by atoms with van der Waals surface area (Å²) in [5, 5.41) is 0. The Balaban J connectivity index is 1.74. The Bertz CT molecular complexity index is 320. The summed E-state index contributed by atoms with van der Waals surface area (Å²) in [4.78, 5) is 11.3. The highest BCUT2D eigenvalue weighted by molar-refractivity contribution is 5.71. The van der Waals surface area contributed by atoms with Crippen molar-refractivity contribution < 1.29 is 23.7 Å². The van der Waals surface area contributed by atoms with Gasteiger partial charge in [-0.15, -0.1) is 0 Å². The average molecular weight is 300 g/mol. The molecule has 0 radical (unpaired) electrons. The molecule has 0 amide bonds. The molecule has 2 aliphatic rings. The molecule has 0 aromatic carbocycles. The molecule has 0 aromatic heterocycles. The Kier molecular flexibility index (Phi) is 6.93. The number of unbranched alkanes of at least 4 members (excludes halogenated alkanes) is 5. The molecule has 0 saturated carbocycles. The number of carbonyl (C=O) groups is 1. The molecule has 2 saturated heterocycles. The van der Waals surface area contributed by atoms with E-state index in [9.17, 15) is 4.79 Å². The van der Waals surface area contributed by atoms with Crippen molar-refractivity contribution in [2.24, 2.45) is 0 Å². The first-order chi connectivity index (χ1) is 10.2. The number of cyclic esters (lactones) is 1. The van der Waals surface area contributed by atoms with Gasteiger partial charge in [-0.05, 0) is 12.8 Å². The number of ether oxygens (including phenoxy) is 4. The fraction of sp³-hybridized carbons (Fsp3) is 0.938. The summed E-state index contributed by atoms with van der Waals surface area (Å²) in [6, 6.07) is 0. The largest absolute Gasteiger partial charge is 0.459 e. The van der Waals surface area contributed by atoms with Crippen LogP contribution in [0.2, 0.25) is 0 Å². The Labute approximate surface area is 127 Å². The Morgan fingerprint density at radius 3 is 2.57 bits per heavy atom. The lowest BCUT2D eigenvalue weighted by molar-refractivity contribution is -0.233. The summed E-state index contributed by atoms with van der Waals surface area (Å²) in [7, 11) is 1.56. The number of hydrogen-bond acceptors (Lipinski definition) is 5. The van der Waals surface area contributed by atoms with Gasteiger partial charge in [-0.3, -0.25) is 4.79 Å². The first-order valence-corrected chi connectivity index (χ1v) is 8.27. The van der Waals surface area contributed by atoms with Crippen LogP contribution in [0.1, 0.15) is 64.7 Å². The van der Waals surface area contributed by atoms with Crippen molar-refractivity contribution in [3.8, 4) is 0 Å². The quantitative estimate of drug-likeness (QED) is 0.483. The van der Waals surface area contributed by atoms with Gasteiger partial charge in [-0.25, -0.2) is 0 Å². The molecule has 4 unspecified atom stereocenters. The highest BCUT2D eigenvalue weighted by Gasteiger charge is 2.44. The van der Waals surface area contributed by atoms with Gasteiger partial charge >= 0.3 is 5.97 Å². The maximum absolute atomic E-state index is 11.3. The van der Waals surface area contributed by atoms with Gasteiger partial charge in [-0.1, -0.05) is 45.4 Å². The van der Waals surface area contributed by atoms with Gasteiger partial charge < -0.3 is 18.9 Å². The van der Waals surface area contributed by atoms with Gasteiger partial charge in [0.05, 0.1) is 6.10 Å². The predicted octanol–water partition coefficient (Wildman–Crippen LogP) is 3.16. The van der Waals surface area contributed by atoms with E-state index in [1.54, 1.807) is 7.11 Å². The Morgan fingerprint density at radius 2 is 1.90 bits per heavy atom. The SMILES string of the molecule is CCCCCCCCC1OC(OC)OC1C1CCC(=O)O1. The molecule has 21 heavy (non-hydrogen) atoms. The maximum Gasteiger partial charge on any atom is 0.306 e. The van der Waals surface area contributed by atoms with Crippen molar-refractivity contribution in [2.45, 2.75) is 89.5 Å². The third-order valence-electron chi connectivity index (χ3n) is 4.24.